The maximum atomic E-state index is 12.7. The summed E-state index contributed by atoms with van der Waals surface area (Å²) in [5.74, 6) is -0.450. The van der Waals surface area contributed by atoms with Gasteiger partial charge in [-0.2, -0.15) is 0 Å². The van der Waals surface area contributed by atoms with Gasteiger partial charge >= 0.3 is 12.0 Å². The monoisotopic (exact) mass is 417 g/mol. The van der Waals surface area contributed by atoms with Crippen LogP contribution in [0.25, 0.3) is 10.8 Å². The third-order valence-electron chi connectivity index (χ3n) is 5.35. The van der Waals surface area contributed by atoms with Crippen LogP contribution >= 0.6 is 0 Å². The van der Waals surface area contributed by atoms with Crippen LogP contribution in [0.4, 0.5) is 4.79 Å². The van der Waals surface area contributed by atoms with Gasteiger partial charge in [-0.3, -0.25) is 15.0 Å². The number of carbonyl (C=O) groups is 2. The van der Waals surface area contributed by atoms with E-state index in [4.69, 9.17) is 4.74 Å². The number of amides is 2. The first-order chi connectivity index (χ1) is 14.9. The molecule has 1 N–H and O–H groups in total. The van der Waals surface area contributed by atoms with Gasteiger partial charge in [0.15, 0.2) is 6.04 Å². The summed E-state index contributed by atoms with van der Waals surface area (Å²) in [6.07, 6.45) is 0. The topological polar surface area (TPSA) is 102 Å². The standard InChI is InChI=1S/C23H19N3O5/c1-14-21(26(29)30)20(24-23(28)25(14)2)19-17-11-7-6-8-15(17)12-13-18(19)31-22(27)16-9-4-3-5-10-16/h3-13,20H,1-2H3,(H,24,28). The van der Waals surface area contributed by atoms with Crippen LogP contribution in [0.1, 0.15) is 28.9 Å². The van der Waals surface area contributed by atoms with Gasteiger partial charge in [0.2, 0.25) is 0 Å². The second kappa shape index (κ2) is 7.91. The number of urea groups is 1. The summed E-state index contributed by atoms with van der Waals surface area (Å²) in [5, 5.41) is 16.1. The molecule has 0 saturated heterocycles. The highest BCUT2D eigenvalue weighted by Gasteiger charge is 2.40. The fraction of sp³-hybridized carbons (Fsp3) is 0.130. The van der Waals surface area contributed by atoms with E-state index in [0.717, 1.165) is 5.39 Å². The molecule has 4 rings (SSSR count). The molecule has 0 radical (unpaired) electrons. The fourth-order valence-electron chi connectivity index (χ4n) is 3.66. The van der Waals surface area contributed by atoms with Crippen molar-refractivity contribution in [2.45, 2.75) is 13.0 Å². The molecule has 1 aliphatic heterocycles. The van der Waals surface area contributed by atoms with Crippen LogP contribution in [0.5, 0.6) is 5.75 Å². The summed E-state index contributed by atoms with van der Waals surface area (Å²) in [4.78, 5) is 37.8. The summed E-state index contributed by atoms with van der Waals surface area (Å²) < 4.78 is 5.67. The van der Waals surface area contributed by atoms with Crippen LogP contribution in [0.2, 0.25) is 0 Å². The summed E-state index contributed by atoms with van der Waals surface area (Å²) in [6, 6.07) is 17.5. The van der Waals surface area contributed by atoms with E-state index in [9.17, 15) is 19.7 Å². The Balaban J connectivity index is 1.91. The molecular formula is C23H19N3O5. The lowest BCUT2D eigenvalue weighted by molar-refractivity contribution is -0.433. The number of nitro groups is 1. The first-order valence-corrected chi connectivity index (χ1v) is 9.56. The van der Waals surface area contributed by atoms with Crippen molar-refractivity contribution >= 4 is 22.8 Å². The zero-order valence-corrected chi connectivity index (χ0v) is 16.9. The normalized spacial score (nSPS) is 16.3. The smallest absolute Gasteiger partial charge is 0.343 e. The van der Waals surface area contributed by atoms with E-state index >= 15 is 0 Å². The van der Waals surface area contributed by atoms with Crippen LogP contribution < -0.4 is 10.1 Å². The predicted molar refractivity (Wildman–Crippen MR) is 114 cm³/mol. The number of rotatable bonds is 4. The third kappa shape index (κ3) is 3.59. The predicted octanol–water partition coefficient (Wildman–Crippen LogP) is 4.26. The van der Waals surface area contributed by atoms with Gasteiger partial charge in [-0.15, -0.1) is 0 Å². The molecule has 2 amide bonds. The molecule has 1 atom stereocenters. The largest absolute Gasteiger partial charge is 0.423 e. The number of hydrogen-bond donors (Lipinski definition) is 1. The first kappa shape index (κ1) is 20.1. The van der Waals surface area contributed by atoms with Crippen molar-refractivity contribution in [3.05, 3.63) is 99.4 Å². The first-order valence-electron chi connectivity index (χ1n) is 9.56. The van der Waals surface area contributed by atoms with Gasteiger partial charge in [0, 0.05) is 12.6 Å². The molecule has 0 spiro atoms. The van der Waals surface area contributed by atoms with E-state index in [1.54, 1.807) is 54.6 Å². The van der Waals surface area contributed by atoms with Crippen LogP contribution in [-0.4, -0.2) is 28.9 Å². The van der Waals surface area contributed by atoms with E-state index in [-0.39, 0.29) is 17.1 Å². The Kier molecular flexibility index (Phi) is 5.12. The van der Waals surface area contributed by atoms with Gasteiger partial charge < -0.3 is 10.1 Å². The molecule has 31 heavy (non-hydrogen) atoms. The molecule has 8 heteroatoms. The van der Waals surface area contributed by atoms with Gasteiger partial charge in [-0.05, 0) is 35.9 Å². The zero-order chi connectivity index (χ0) is 22.1. The highest BCUT2D eigenvalue weighted by Crippen LogP contribution is 2.39. The molecule has 0 aromatic heterocycles. The highest BCUT2D eigenvalue weighted by molar-refractivity contribution is 5.94. The van der Waals surface area contributed by atoms with Crippen molar-refractivity contribution in [1.82, 2.24) is 10.2 Å². The van der Waals surface area contributed by atoms with E-state index in [0.29, 0.717) is 16.5 Å². The molecule has 3 aromatic carbocycles. The van der Waals surface area contributed by atoms with Crippen molar-refractivity contribution in [3.8, 4) is 5.75 Å². The minimum atomic E-state index is -1.09. The number of ether oxygens (including phenoxy) is 1. The van der Waals surface area contributed by atoms with Gasteiger partial charge in [0.1, 0.15) is 5.75 Å². The SMILES string of the molecule is CC1=C([N+](=O)[O-])C(c2c(OC(=O)c3ccccc3)ccc3ccccc23)NC(=O)N1C. The Bertz CT molecular complexity index is 1240. The molecule has 8 nitrogen and oxygen atoms in total. The van der Waals surface area contributed by atoms with Crippen LogP contribution in [-0.2, 0) is 0 Å². The lowest BCUT2D eigenvalue weighted by Gasteiger charge is -2.30. The van der Waals surface area contributed by atoms with Crippen LogP contribution in [0.3, 0.4) is 0 Å². The Morgan fingerprint density at radius 3 is 2.45 bits per heavy atom. The Hall–Kier alpha value is -4.20. The van der Waals surface area contributed by atoms with E-state index < -0.39 is 23.0 Å². The molecule has 1 heterocycles. The number of esters is 1. The lowest BCUT2D eigenvalue weighted by Crippen LogP contribution is -2.46. The molecule has 0 saturated carbocycles. The molecular weight excluding hydrogens is 398 g/mol. The minimum absolute atomic E-state index is 0.148. The number of fused-ring (bicyclic) bond motifs is 1. The van der Waals surface area contributed by atoms with Gasteiger partial charge in [0.05, 0.1) is 16.2 Å². The van der Waals surface area contributed by atoms with Crippen molar-refractivity contribution in [2.24, 2.45) is 0 Å². The average molecular weight is 417 g/mol. The van der Waals surface area contributed by atoms with Crippen molar-refractivity contribution in [3.63, 3.8) is 0 Å². The fourth-order valence-corrected chi connectivity index (χ4v) is 3.66. The molecule has 156 valence electrons. The summed E-state index contributed by atoms with van der Waals surface area (Å²) >= 11 is 0. The summed E-state index contributed by atoms with van der Waals surface area (Å²) in [5.41, 5.74) is 0.729. The number of nitrogens with zero attached hydrogens (tertiary/aromatic N) is 2. The van der Waals surface area contributed by atoms with E-state index in [1.807, 2.05) is 12.1 Å². The second-order valence-electron chi connectivity index (χ2n) is 7.12. The number of hydrogen-bond acceptors (Lipinski definition) is 5. The summed E-state index contributed by atoms with van der Waals surface area (Å²) in [7, 11) is 1.46. The third-order valence-corrected chi connectivity index (χ3v) is 5.35. The molecule has 1 aliphatic rings. The summed E-state index contributed by atoms with van der Waals surface area (Å²) in [6.45, 7) is 1.52. The number of nitrogens with one attached hydrogen (secondary N) is 1. The maximum Gasteiger partial charge on any atom is 0.343 e. The minimum Gasteiger partial charge on any atom is -0.423 e. The Morgan fingerprint density at radius 2 is 1.74 bits per heavy atom. The van der Waals surface area contributed by atoms with E-state index in [2.05, 4.69) is 5.32 Å². The van der Waals surface area contributed by atoms with Gasteiger partial charge in [-0.1, -0.05) is 48.5 Å². The lowest BCUT2D eigenvalue weighted by atomic mass is 9.93. The van der Waals surface area contributed by atoms with Crippen molar-refractivity contribution < 1.29 is 19.2 Å². The second-order valence-corrected chi connectivity index (χ2v) is 7.12. The Labute approximate surface area is 177 Å². The number of benzene rings is 3. The Morgan fingerprint density at radius 1 is 1.06 bits per heavy atom. The molecule has 0 bridgehead atoms. The van der Waals surface area contributed by atoms with E-state index in [1.165, 1.54) is 18.9 Å². The van der Waals surface area contributed by atoms with Crippen LogP contribution in [0, 0.1) is 10.1 Å². The van der Waals surface area contributed by atoms with Crippen LogP contribution in [0.15, 0.2) is 78.1 Å². The zero-order valence-electron chi connectivity index (χ0n) is 16.9. The molecule has 0 aliphatic carbocycles. The van der Waals surface area contributed by atoms with Crippen molar-refractivity contribution in [1.29, 1.82) is 0 Å². The van der Waals surface area contributed by atoms with Gasteiger partial charge in [-0.25, -0.2) is 9.59 Å². The number of allylic oxidation sites excluding steroid dienone is 1. The van der Waals surface area contributed by atoms with Gasteiger partial charge in [0.25, 0.3) is 5.70 Å². The molecule has 0 fully saturated rings. The van der Waals surface area contributed by atoms with Crippen molar-refractivity contribution in [2.75, 3.05) is 7.05 Å². The molecule has 3 aromatic rings. The quantitative estimate of drug-likeness (QED) is 0.296. The maximum absolute atomic E-state index is 12.7. The average Bonchev–Trinajstić information content (AvgIpc) is 2.77. The molecule has 1 unspecified atom stereocenters. The number of carbonyl (C=O) groups excluding carboxylic acids is 2. The highest BCUT2D eigenvalue weighted by atomic mass is 16.6.